The Hall–Kier alpha value is -0.820. The summed E-state index contributed by atoms with van der Waals surface area (Å²) in [6, 6.07) is 8.79. The summed E-state index contributed by atoms with van der Waals surface area (Å²) in [5.74, 6) is 0. The predicted molar refractivity (Wildman–Crippen MR) is 55.7 cm³/mol. The average Bonchev–Trinajstić information content (AvgIpc) is 2.53. The van der Waals surface area contributed by atoms with E-state index < -0.39 is 0 Å². The molecule has 2 rings (SSSR count). The van der Waals surface area contributed by atoms with Crippen LogP contribution in [0, 0.1) is 6.92 Å². The maximum Gasteiger partial charge on any atom is 0.0590 e. The monoisotopic (exact) mass is 175 g/mol. The van der Waals surface area contributed by atoms with Crippen LogP contribution in [0.5, 0.6) is 0 Å². The molecule has 1 nitrogen and oxygen atoms in total. The quantitative estimate of drug-likeness (QED) is 0.651. The molecule has 1 saturated heterocycles. The zero-order chi connectivity index (χ0) is 9.69. The van der Waals surface area contributed by atoms with E-state index in [-0.39, 0.29) is 11.1 Å². The van der Waals surface area contributed by atoms with Crippen molar-refractivity contribution in [1.82, 2.24) is 5.32 Å². The molecule has 13 heavy (non-hydrogen) atoms. The standard InChI is InChI=1S/C12H17N/c1-9-5-7-10(8-6-9)12(4)11(2,3)13-12/h5-8,13H,1-4H3. The second-order valence-corrected chi connectivity index (χ2v) is 4.74. The van der Waals surface area contributed by atoms with Gasteiger partial charge < -0.3 is 0 Å². The third-order valence-corrected chi connectivity index (χ3v) is 3.38. The lowest BCUT2D eigenvalue weighted by molar-refractivity contribution is 0.635. The fraction of sp³-hybridized carbons (Fsp3) is 0.500. The Morgan fingerprint density at radius 2 is 1.46 bits per heavy atom. The lowest BCUT2D eigenvalue weighted by Crippen LogP contribution is -2.13. The molecule has 1 heteroatoms. The minimum Gasteiger partial charge on any atom is -0.299 e. The van der Waals surface area contributed by atoms with Crippen LogP contribution in [0.4, 0.5) is 0 Å². The second-order valence-electron chi connectivity index (χ2n) is 4.74. The number of nitrogens with one attached hydrogen (secondary N) is 1. The first-order valence-electron chi connectivity index (χ1n) is 4.82. The first-order chi connectivity index (χ1) is 5.96. The minimum absolute atomic E-state index is 0.181. The molecule has 70 valence electrons. The van der Waals surface area contributed by atoms with Crippen LogP contribution in [-0.2, 0) is 5.54 Å². The molecule has 1 aliphatic heterocycles. The van der Waals surface area contributed by atoms with Gasteiger partial charge >= 0.3 is 0 Å². The van der Waals surface area contributed by atoms with Crippen molar-refractivity contribution in [2.45, 2.75) is 38.8 Å². The van der Waals surface area contributed by atoms with Crippen molar-refractivity contribution >= 4 is 0 Å². The van der Waals surface area contributed by atoms with E-state index in [1.54, 1.807) is 0 Å². The molecule has 0 bridgehead atoms. The maximum absolute atomic E-state index is 3.52. The highest BCUT2D eigenvalue weighted by Crippen LogP contribution is 2.46. The molecule has 0 spiro atoms. The van der Waals surface area contributed by atoms with E-state index in [1.807, 2.05) is 0 Å². The highest BCUT2D eigenvalue weighted by Gasteiger charge is 2.57. The van der Waals surface area contributed by atoms with Crippen molar-refractivity contribution in [3.05, 3.63) is 35.4 Å². The van der Waals surface area contributed by atoms with Crippen LogP contribution in [0.2, 0.25) is 0 Å². The van der Waals surface area contributed by atoms with Gasteiger partial charge in [0.05, 0.1) is 5.54 Å². The van der Waals surface area contributed by atoms with Gasteiger partial charge in [-0.15, -0.1) is 0 Å². The van der Waals surface area contributed by atoms with Gasteiger partial charge in [-0.1, -0.05) is 29.8 Å². The lowest BCUT2D eigenvalue weighted by Gasteiger charge is -2.12. The van der Waals surface area contributed by atoms with E-state index in [4.69, 9.17) is 0 Å². The van der Waals surface area contributed by atoms with Crippen LogP contribution >= 0.6 is 0 Å². The summed E-state index contributed by atoms with van der Waals surface area (Å²) >= 11 is 0. The van der Waals surface area contributed by atoms with Crippen LogP contribution < -0.4 is 5.32 Å². The van der Waals surface area contributed by atoms with Gasteiger partial charge in [0.2, 0.25) is 0 Å². The zero-order valence-electron chi connectivity index (χ0n) is 8.81. The van der Waals surface area contributed by atoms with Crippen LogP contribution in [-0.4, -0.2) is 5.54 Å². The Kier molecular flexibility index (Phi) is 1.59. The molecule has 1 atom stereocenters. The van der Waals surface area contributed by atoms with E-state index >= 15 is 0 Å². The molecular weight excluding hydrogens is 158 g/mol. The van der Waals surface area contributed by atoms with Crippen LogP contribution in [0.1, 0.15) is 31.9 Å². The van der Waals surface area contributed by atoms with Crippen molar-refractivity contribution in [2.24, 2.45) is 0 Å². The SMILES string of the molecule is Cc1ccc(C2(C)NC2(C)C)cc1. The molecule has 1 N–H and O–H groups in total. The summed E-state index contributed by atoms with van der Waals surface area (Å²) in [5, 5.41) is 3.52. The van der Waals surface area contributed by atoms with E-state index in [9.17, 15) is 0 Å². The summed E-state index contributed by atoms with van der Waals surface area (Å²) in [5.41, 5.74) is 3.15. The Morgan fingerprint density at radius 1 is 1.00 bits per heavy atom. The van der Waals surface area contributed by atoms with Gasteiger partial charge in [0.25, 0.3) is 0 Å². The van der Waals surface area contributed by atoms with Crippen molar-refractivity contribution < 1.29 is 0 Å². The average molecular weight is 175 g/mol. The Morgan fingerprint density at radius 3 is 1.85 bits per heavy atom. The lowest BCUT2D eigenvalue weighted by atomic mass is 9.90. The van der Waals surface area contributed by atoms with Crippen molar-refractivity contribution in [1.29, 1.82) is 0 Å². The van der Waals surface area contributed by atoms with Crippen LogP contribution in [0.15, 0.2) is 24.3 Å². The molecule has 1 unspecified atom stereocenters. The molecule has 0 radical (unpaired) electrons. The fourth-order valence-electron chi connectivity index (χ4n) is 1.91. The van der Waals surface area contributed by atoms with Crippen LogP contribution in [0.25, 0.3) is 0 Å². The van der Waals surface area contributed by atoms with Crippen molar-refractivity contribution in [2.75, 3.05) is 0 Å². The number of benzene rings is 1. The van der Waals surface area contributed by atoms with Gasteiger partial charge in [0, 0.05) is 5.54 Å². The summed E-state index contributed by atoms with van der Waals surface area (Å²) in [7, 11) is 0. The summed E-state index contributed by atoms with van der Waals surface area (Å²) in [4.78, 5) is 0. The van der Waals surface area contributed by atoms with Gasteiger partial charge in [-0.25, -0.2) is 0 Å². The highest BCUT2D eigenvalue weighted by molar-refractivity contribution is 5.38. The fourth-order valence-corrected chi connectivity index (χ4v) is 1.91. The minimum atomic E-state index is 0.181. The van der Waals surface area contributed by atoms with Gasteiger partial charge in [0.1, 0.15) is 0 Å². The van der Waals surface area contributed by atoms with Gasteiger partial charge in [0.15, 0.2) is 0 Å². The molecule has 1 heterocycles. The molecule has 0 amide bonds. The normalized spacial score (nSPS) is 30.2. The van der Waals surface area contributed by atoms with Crippen molar-refractivity contribution in [3.8, 4) is 0 Å². The molecule has 1 aliphatic rings. The Balaban J connectivity index is 2.34. The first-order valence-corrected chi connectivity index (χ1v) is 4.82. The van der Waals surface area contributed by atoms with Crippen LogP contribution in [0.3, 0.4) is 0 Å². The van der Waals surface area contributed by atoms with E-state index in [1.165, 1.54) is 11.1 Å². The summed E-state index contributed by atoms with van der Waals surface area (Å²) in [6.45, 7) is 8.87. The third-order valence-electron chi connectivity index (χ3n) is 3.38. The Bertz CT molecular complexity index is 323. The summed E-state index contributed by atoms with van der Waals surface area (Å²) in [6.07, 6.45) is 0. The third kappa shape index (κ3) is 1.19. The topological polar surface area (TPSA) is 21.9 Å². The van der Waals surface area contributed by atoms with Gasteiger partial charge in [-0.05, 0) is 33.3 Å². The maximum atomic E-state index is 3.52. The second kappa shape index (κ2) is 2.36. The summed E-state index contributed by atoms with van der Waals surface area (Å²) < 4.78 is 0. The molecule has 0 aromatic heterocycles. The molecule has 1 aromatic carbocycles. The van der Waals surface area contributed by atoms with Gasteiger partial charge in [-0.2, -0.15) is 0 Å². The smallest absolute Gasteiger partial charge is 0.0590 e. The number of hydrogen-bond acceptors (Lipinski definition) is 1. The number of aryl methyl sites for hydroxylation is 1. The number of hydrogen-bond donors (Lipinski definition) is 1. The first kappa shape index (κ1) is 8.76. The molecular formula is C12H17N. The zero-order valence-corrected chi connectivity index (χ0v) is 8.81. The van der Waals surface area contributed by atoms with Gasteiger partial charge in [-0.3, -0.25) is 5.32 Å². The van der Waals surface area contributed by atoms with Crippen molar-refractivity contribution in [3.63, 3.8) is 0 Å². The predicted octanol–water partition coefficient (Wildman–Crippen LogP) is 2.59. The van der Waals surface area contributed by atoms with E-state index in [2.05, 4.69) is 57.3 Å². The molecule has 0 aliphatic carbocycles. The molecule has 0 saturated carbocycles. The van der Waals surface area contributed by atoms with E-state index in [0.29, 0.717) is 0 Å². The molecule has 1 aromatic rings. The number of rotatable bonds is 1. The van der Waals surface area contributed by atoms with E-state index in [0.717, 1.165) is 0 Å². The Labute approximate surface area is 80.2 Å². The molecule has 1 fully saturated rings. The largest absolute Gasteiger partial charge is 0.299 e. The highest BCUT2D eigenvalue weighted by atomic mass is 15.3.